The first-order valence-corrected chi connectivity index (χ1v) is 6.27. The number of methoxy groups -OCH3 is 1. The highest BCUT2D eigenvalue weighted by Gasteiger charge is 2.25. The van der Waals surface area contributed by atoms with E-state index in [9.17, 15) is 14.4 Å². The Bertz CT molecular complexity index is 487. The molecule has 0 saturated heterocycles. The number of rotatable bonds is 8. The minimum Gasteiger partial charge on any atom is -0.481 e. The van der Waals surface area contributed by atoms with Crippen molar-refractivity contribution < 1.29 is 29.1 Å². The Morgan fingerprint density at radius 2 is 1.86 bits per heavy atom. The monoisotopic (exact) mass is 295 g/mol. The van der Waals surface area contributed by atoms with Crippen molar-refractivity contribution >= 4 is 17.8 Å². The highest BCUT2D eigenvalue weighted by atomic mass is 16.6. The molecule has 21 heavy (non-hydrogen) atoms. The number of hydrogen-bond donors (Lipinski definition) is 2. The molecule has 0 heterocycles. The standard InChI is InChI=1S/C14H17NO6/c1-20-13(18)8-11(7-12(16)17)14(19)15-21-9-10-5-3-2-4-6-10/h2-6,11H,7-9H2,1H3,(H,15,19)(H,16,17)/t11-/m1/s1. The molecule has 0 spiro atoms. The summed E-state index contributed by atoms with van der Waals surface area (Å²) in [6.45, 7) is 0.143. The van der Waals surface area contributed by atoms with E-state index in [1.807, 2.05) is 30.3 Å². The number of amides is 1. The van der Waals surface area contributed by atoms with Crippen LogP contribution in [0.5, 0.6) is 0 Å². The topological polar surface area (TPSA) is 102 Å². The van der Waals surface area contributed by atoms with Crippen LogP contribution in [0, 0.1) is 5.92 Å². The fourth-order valence-electron chi connectivity index (χ4n) is 1.60. The normalized spacial score (nSPS) is 11.5. The molecule has 2 N–H and O–H groups in total. The van der Waals surface area contributed by atoms with Crippen LogP contribution in [-0.4, -0.2) is 30.1 Å². The van der Waals surface area contributed by atoms with Crippen LogP contribution in [0.2, 0.25) is 0 Å². The Morgan fingerprint density at radius 1 is 1.19 bits per heavy atom. The van der Waals surface area contributed by atoms with Gasteiger partial charge in [0, 0.05) is 0 Å². The number of hydroxylamine groups is 1. The van der Waals surface area contributed by atoms with Crippen molar-refractivity contribution in [1.29, 1.82) is 0 Å². The second-order valence-electron chi connectivity index (χ2n) is 4.32. The first-order valence-electron chi connectivity index (χ1n) is 6.27. The van der Waals surface area contributed by atoms with Crippen molar-refractivity contribution in [1.82, 2.24) is 5.48 Å². The second-order valence-corrected chi connectivity index (χ2v) is 4.32. The number of ether oxygens (including phenoxy) is 1. The van der Waals surface area contributed by atoms with Gasteiger partial charge in [-0.15, -0.1) is 0 Å². The summed E-state index contributed by atoms with van der Waals surface area (Å²) in [6, 6.07) is 9.13. The average molecular weight is 295 g/mol. The van der Waals surface area contributed by atoms with Crippen molar-refractivity contribution in [3.63, 3.8) is 0 Å². The number of esters is 1. The second kappa shape index (κ2) is 8.70. The lowest BCUT2D eigenvalue weighted by atomic mass is 10.0. The van der Waals surface area contributed by atoms with E-state index in [1.54, 1.807) is 0 Å². The summed E-state index contributed by atoms with van der Waals surface area (Å²) in [6.07, 6.45) is -0.793. The summed E-state index contributed by atoms with van der Waals surface area (Å²) in [5.41, 5.74) is 3.00. The van der Waals surface area contributed by atoms with E-state index in [1.165, 1.54) is 7.11 Å². The number of carbonyl (C=O) groups excluding carboxylic acids is 2. The van der Waals surface area contributed by atoms with Gasteiger partial charge in [-0.2, -0.15) is 0 Å². The molecule has 7 nitrogen and oxygen atoms in total. The van der Waals surface area contributed by atoms with Crippen LogP contribution >= 0.6 is 0 Å². The maximum atomic E-state index is 11.8. The van der Waals surface area contributed by atoms with Gasteiger partial charge < -0.3 is 9.84 Å². The summed E-state index contributed by atoms with van der Waals surface area (Å²) in [4.78, 5) is 38.7. The molecule has 0 unspecified atom stereocenters. The Labute approximate surface area is 121 Å². The molecule has 0 aliphatic heterocycles. The van der Waals surface area contributed by atoms with Gasteiger partial charge in [0.2, 0.25) is 5.91 Å². The first kappa shape index (κ1) is 16.6. The lowest BCUT2D eigenvalue weighted by Gasteiger charge is -2.13. The van der Waals surface area contributed by atoms with Crippen molar-refractivity contribution in [2.45, 2.75) is 19.4 Å². The van der Waals surface area contributed by atoms with E-state index < -0.39 is 30.2 Å². The van der Waals surface area contributed by atoms with E-state index in [0.29, 0.717) is 0 Å². The van der Waals surface area contributed by atoms with Crippen LogP contribution < -0.4 is 5.48 Å². The molecule has 0 fully saturated rings. The third-order valence-corrected chi connectivity index (χ3v) is 2.69. The fourth-order valence-corrected chi connectivity index (χ4v) is 1.60. The molecule has 1 aromatic carbocycles. The van der Waals surface area contributed by atoms with Crippen LogP contribution in [0.4, 0.5) is 0 Å². The van der Waals surface area contributed by atoms with Crippen molar-refractivity contribution in [2.24, 2.45) is 5.92 Å². The smallest absolute Gasteiger partial charge is 0.306 e. The molecule has 0 radical (unpaired) electrons. The summed E-state index contributed by atoms with van der Waals surface area (Å²) in [7, 11) is 1.17. The molecule has 7 heteroatoms. The summed E-state index contributed by atoms with van der Waals surface area (Å²) in [5.74, 6) is -3.54. The zero-order valence-corrected chi connectivity index (χ0v) is 11.6. The molecule has 0 aliphatic rings. The maximum absolute atomic E-state index is 11.8. The minimum absolute atomic E-state index is 0.143. The zero-order valence-electron chi connectivity index (χ0n) is 11.6. The SMILES string of the molecule is COC(=O)C[C@@H](CC(=O)O)C(=O)NOCc1ccccc1. The summed E-state index contributed by atoms with van der Waals surface area (Å²) in [5, 5.41) is 8.75. The molecule has 1 atom stereocenters. The van der Waals surface area contributed by atoms with Crippen molar-refractivity contribution in [3.8, 4) is 0 Å². The molecule has 0 saturated carbocycles. The van der Waals surface area contributed by atoms with Gasteiger partial charge in [-0.25, -0.2) is 5.48 Å². The van der Waals surface area contributed by atoms with E-state index >= 15 is 0 Å². The number of carbonyl (C=O) groups is 3. The van der Waals surface area contributed by atoms with Crippen LogP contribution in [0.3, 0.4) is 0 Å². The van der Waals surface area contributed by atoms with Gasteiger partial charge in [-0.1, -0.05) is 30.3 Å². The molecule has 1 amide bonds. The molecule has 0 aliphatic carbocycles. The van der Waals surface area contributed by atoms with Gasteiger partial charge in [-0.05, 0) is 5.56 Å². The number of nitrogens with one attached hydrogen (secondary N) is 1. The van der Waals surface area contributed by atoms with Gasteiger partial charge in [0.05, 0.1) is 32.5 Å². The zero-order chi connectivity index (χ0) is 15.7. The lowest BCUT2D eigenvalue weighted by molar-refractivity contribution is -0.151. The summed E-state index contributed by atoms with van der Waals surface area (Å²) < 4.78 is 4.43. The third-order valence-electron chi connectivity index (χ3n) is 2.69. The molecule has 1 rings (SSSR count). The van der Waals surface area contributed by atoms with Crippen LogP contribution in [0.25, 0.3) is 0 Å². The number of benzene rings is 1. The Morgan fingerprint density at radius 3 is 2.43 bits per heavy atom. The van der Waals surface area contributed by atoms with Crippen molar-refractivity contribution in [2.75, 3.05) is 7.11 Å². The number of carboxylic acids is 1. The third kappa shape index (κ3) is 6.53. The molecule has 1 aromatic rings. The average Bonchev–Trinajstić information content (AvgIpc) is 2.47. The van der Waals surface area contributed by atoms with Gasteiger partial charge in [0.15, 0.2) is 0 Å². The van der Waals surface area contributed by atoms with Crippen LogP contribution in [0.15, 0.2) is 30.3 Å². The lowest BCUT2D eigenvalue weighted by Crippen LogP contribution is -2.33. The van der Waals surface area contributed by atoms with Gasteiger partial charge in [-0.3, -0.25) is 19.2 Å². The Balaban J connectivity index is 2.47. The minimum atomic E-state index is -1.18. The number of hydrogen-bond acceptors (Lipinski definition) is 5. The van der Waals surface area contributed by atoms with E-state index in [4.69, 9.17) is 9.94 Å². The molecule has 114 valence electrons. The van der Waals surface area contributed by atoms with Crippen molar-refractivity contribution in [3.05, 3.63) is 35.9 Å². The predicted molar refractivity (Wildman–Crippen MR) is 71.7 cm³/mol. The highest BCUT2D eigenvalue weighted by Crippen LogP contribution is 2.10. The molecule has 0 bridgehead atoms. The number of aliphatic carboxylic acids is 1. The molecular formula is C14H17NO6. The quantitative estimate of drug-likeness (QED) is 0.545. The Hall–Kier alpha value is -2.41. The van der Waals surface area contributed by atoms with E-state index in [-0.39, 0.29) is 13.0 Å². The first-order chi connectivity index (χ1) is 10.0. The predicted octanol–water partition coefficient (Wildman–Crippen LogP) is 0.888. The van der Waals surface area contributed by atoms with Crippen LogP contribution in [-0.2, 0) is 30.6 Å². The Kier molecular flexibility index (Phi) is 6.90. The van der Waals surface area contributed by atoms with Gasteiger partial charge >= 0.3 is 11.9 Å². The fraction of sp³-hybridized carbons (Fsp3) is 0.357. The molecule has 0 aromatic heterocycles. The summed E-state index contributed by atoms with van der Waals surface area (Å²) >= 11 is 0. The number of carboxylic acid groups (broad SMARTS) is 1. The van der Waals surface area contributed by atoms with Crippen LogP contribution in [0.1, 0.15) is 18.4 Å². The van der Waals surface area contributed by atoms with E-state index in [0.717, 1.165) is 5.56 Å². The largest absolute Gasteiger partial charge is 0.481 e. The highest BCUT2D eigenvalue weighted by molar-refractivity contribution is 5.86. The molecular weight excluding hydrogens is 278 g/mol. The maximum Gasteiger partial charge on any atom is 0.306 e. The van der Waals surface area contributed by atoms with E-state index in [2.05, 4.69) is 10.2 Å². The van der Waals surface area contributed by atoms with Gasteiger partial charge in [0.25, 0.3) is 0 Å². The van der Waals surface area contributed by atoms with Gasteiger partial charge in [0.1, 0.15) is 0 Å².